The van der Waals surface area contributed by atoms with Crippen LogP contribution in [0.2, 0.25) is 18.1 Å². The van der Waals surface area contributed by atoms with Crippen molar-refractivity contribution in [2.45, 2.75) is 64.5 Å². The summed E-state index contributed by atoms with van der Waals surface area (Å²) < 4.78 is 18.0. The summed E-state index contributed by atoms with van der Waals surface area (Å²) in [5.41, 5.74) is 2.73. The van der Waals surface area contributed by atoms with Crippen LogP contribution in [-0.4, -0.2) is 43.8 Å². The molecule has 0 bridgehead atoms. The van der Waals surface area contributed by atoms with E-state index in [0.717, 1.165) is 16.7 Å². The Morgan fingerprint density at radius 2 is 1.68 bits per heavy atom. The molecule has 40 heavy (non-hydrogen) atoms. The molecule has 1 atom stereocenters. The van der Waals surface area contributed by atoms with Gasteiger partial charge in [0.05, 0.1) is 30.7 Å². The van der Waals surface area contributed by atoms with Crippen LogP contribution in [0.4, 0.5) is 5.69 Å². The van der Waals surface area contributed by atoms with Gasteiger partial charge in [-0.25, -0.2) is 0 Å². The number of nitro benzene ring substituents is 1. The van der Waals surface area contributed by atoms with E-state index in [1.165, 1.54) is 19.2 Å². The topological polar surface area (TPSA) is 91.1 Å². The largest absolute Gasteiger partial charge is 0.493 e. The summed E-state index contributed by atoms with van der Waals surface area (Å²) in [6.45, 7) is 11.8. The van der Waals surface area contributed by atoms with E-state index in [-0.39, 0.29) is 40.4 Å². The van der Waals surface area contributed by atoms with Crippen molar-refractivity contribution in [3.05, 3.63) is 99.1 Å². The molecule has 3 aromatic carbocycles. The Morgan fingerprint density at radius 1 is 1.02 bits per heavy atom. The van der Waals surface area contributed by atoms with Gasteiger partial charge in [-0.05, 0) is 41.2 Å². The smallest absolute Gasteiger partial charge is 0.286 e. The van der Waals surface area contributed by atoms with Crippen LogP contribution in [0.5, 0.6) is 11.5 Å². The van der Waals surface area contributed by atoms with Crippen LogP contribution in [0.3, 0.4) is 0 Å². The minimum Gasteiger partial charge on any atom is -0.493 e. The van der Waals surface area contributed by atoms with E-state index in [9.17, 15) is 14.9 Å². The Labute approximate surface area is 237 Å². The highest BCUT2D eigenvalue weighted by Crippen LogP contribution is 2.39. The normalized spacial score (nSPS) is 15.3. The van der Waals surface area contributed by atoms with E-state index < -0.39 is 19.1 Å². The first kappa shape index (κ1) is 29.3. The minimum atomic E-state index is -2.10. The third-order valence-electron chi connectivity index (χ3n) is 8.01. The molecule has 0 spiro atoms. The lowest BCUT2D eigenvalue weighted by molar-refractivity contribution is -0.385. The Morgan fingerprint density at radius 3 is 2.30 bits per heavy atom. The second-order valence-corrected chi connectivity index (χ2v) is 16.5. The molecule has 0 N–H and O–H groups in total. The molecule has 212 valence electrons. The van der Waals surface area contributed by atoms with Crippen LogP contribution in [0.15, 0.2) is 66.7 Å². The van der Waals surface area contributed by atoms with Crippen LogP contribution < -0.4 is 9.47 Å². The molecule has 3 aromatic rings. The summed E-state index contributed by atoms with van der Waals surface area (Å²) in [4.78, 5) is 27.5. The van der Waals surface area contributed by atoms with Crippen molar-refractivity contribution in [1.82, 2.24) is 4.90 Å². The van der Waals surface area contributed by atoms with Gasteiger partial charge in [-0.15, -0.1) is 0 Å². The second kappa shape index (κ2) is 11.8. The summed E-state index contributed by atoms with van der Waals surface area (Å²) in [5.74, 6) is 0.0331. The predicted octanol–water partition coefficient (Wildman–Crippen LogP) is 6.77. The number of fused-ring (bicyclic) bond motifs is 1. The monoisotopic (exact) mass is 562 g/mol. The van der Waals surface area contributed by atoms with Gasteiger partial charge in [-0.3, -0.25) is 14.9 Å². The molecule has 1 unspecified atom stereocenters. The van der Waals surface area contributed by atoms with Crippen LogP contribution in [-0.2, 0) is 24.0 Å². The predicted molar refractivity (Wildman–Crippen MR) is 157 cm³/mol. The molecule has 0 saturated heterocycles. The highest BCUT2D eigenvalue weighted by atomic mass is 28.4. The molecule has 8 nitrogen and oxygen atoms in total. The number of amides is 1. The number of carbonyl (C=O) groups is 1. The molecule has 0 aromatic heterocycles. The number of benzene rings is 3. The average molecular weight is 563 g/mol. The van der Waals surface area contributed by atoms with Crippen molar-refractivity contribution in [3.63, 3.8) is 0 Å². The zero-order valence-electron chi connectivity index (χ0n) is 24.1. The number of hydrogen-bond donors (Lipinski definition) is 0. The van der Waals surface area contributed by atoms with Gasteiger partial charge in [0.15, 0.2) is 19.8 Å². The lowest BCUT2D eigenvalue weighted by Crippen LogP contribution is -2.50. The Kier molecular flexibility index (Phi) is 8.65. The maximum absolute atomic E-state index is 14.1. The molecule has 0 fully saturated rings. The van der Waals surface area contributed by atoms with Gasteiger partial charge in [0.2, 0.25) is 0 Å². The SMILES string of the molecule is COc1cc(C(=O)N2Cc3ccccc3CC2CO[Si](C)(C)C(C)(C)C)c([N+](=O)[O-])cc1OCc1ccccc1. The van der Waals surface area contributed by atoms with Gasteiger partial charge in [-0.2, -0.15) is 0 Å². The molecule has 4 rings (SSSR count). The third-order valence-corrected chi connectivity index (χ3v) is 12.5. The van der Waals surface area contributed by atoms with E-state index in [1.807, 2.05) is 48.5 Å². The van der Waals surface area contributed by atoms with Crippen molar-refractivity contribution in [2.24, 2.45) is 0 Å². The van der Waals surface area contributed by atoms with Gasteiger partial charge < -0.3 is 18.8 Å². The van der Waals surface area contributed by atoms with Crippen molar-refractivity contribution in [3.8, 4) is 11.5 Å². The fourth-order valence-electron chi connectivity index (χ4n) is 4.53. The molecular weight excluding hydrogens is 524 g/mol. The number of nitrogens with zero attached hydrogens (tertiary/aromatic N) is 2. The zero-order valence-corrected chi connectivity index (χ0v) is 25.1. The van der Waals surface area contributed by atoms with Crippen LogP contribution in [0.25, 0.3) is 0 Å². The maximum atomic E-state index is 14.1. The highest BCUT2D eigenvalue weighted by molar-refractivity contribution is 6.74. The lowest BCUT2D eigenvalue weighted by atomic mass is 9.93. The fraction of sp³-hybridized carbons (Fsp3) is 0.387. The molecule has 0 aliphatic carbocycles. The number of rotatable bonds is 9. The van der Waals surface area contributed by atoms with Crippen LogP contribution >= 0.6 is 0 Å². The summed E-state index contributed by atoms with van der Waals surface area (Å²) in [7, 11) is -0.639. The Hall–Kier alpha value is -3.69. The number of ether oxygens (including phenoxy) is 2. The molecule has 1 amide bonds. The third kappa shape index (κ3) is 6.37. The van der Waals surface area contributed by atoms with Crippen molar-refractivity contribution in [1.29, 1.82) is 0 Å². The summed E-state index contributed by atoms with van der Waals surface area (Å²) in [5, 5.41) is 12.2. The van der Waals surface area contributed by atoms with E-state index in [1.54, 1.807) is 4.90 Å². The van der Waals surface area contributed by atoms with Gasteiger partial charge in [0, 0.05) is 12.6 Å². The van der Waals surface area contributed by atoms with Crippen molar-refractivity contribution >= 4 is 19.9 Å². The first-order chi connectivity index (χ1) is 18.9. The molecule has 9 heteroatoms. The van der Waals surface area contributed by atoms with E-state index in [2.05, 4.69) is 39.9 Å². The van der Waals surface area contributed by atoms with E-state index in [0.29, 0.717) is 19.6 Å². The van der Waals surface area contributed by atoms with Crippen LogP contribution in [0.1, 0.15) is 47.8 Å². The summed E-state index contributed by atoms with van der Waals surface area (Å²) >= 11 is 0. The molecular formula is C31H38N2O6Si. The molecule has 1 heterocycles. The minimum absolute atomic E-state index is 0.0101. The van der Waals surface area contributed by atoms with Gasteiger partial charge >= 0.3 is 0 Å². The first-order valence-corrected chi connectivity index (χ1v) is 16.4. The molecule has 0 radical (unpaired) electrons. The standard InChI is InChI=1S/C31H38N2O6Si/c1-31(2,3)40(5,6)39-21-25-16-23-14-10-11-15-24(23)19-32(25)30(34)26-17-28(37-4)29(18-27(26)33(35)36)38-20-22-12-8-7-9-13-22/h7-15,17-18,25H,16,19-21H2,1-6H3. The maximum Gasteiger partial charge on any atom is 0.286 e. The lowest BCUT2D eigenvalue weighted by Gasteiger charge is -2.41. The molecule has 1 aliphatic rings. The quantitative estimate of drug-likeness (QED) is 0.162. The van der Waals surface area contributed by atoms with Gasteiger partial charge in [-0.1, -0.05) is 75.4 Å². The zero-order chi connectivity index (χ0) is 29.1. The fourth-order valence-corrected chi connectivity index (χ4v) is 5.57. The first-order valence-electron chi connectivity index (χ1n) is 13.5. The number of nitro groups is 1. The highest BCUT2D eigenvalue weighted by Gasteiger charge is 2.40. The molecule has 0 saturated carbocycles. The number of carbonyl (C=O) groups excluding carboxylic acids is 1. The van der Waals surface area contributed by atoms with Crippen molar-refractivity contribution in [2.75, 3.05) is 13.7 Å². The van der Waals surface area contributed by atoms with Crippen LogP contribution in [0, 0.1) is 10.1 Å². The van der Waals surface area contributed by atoms with Gasteiger partial charge in [0.1, 0.15) is 12.2 Å². The molecule has 1 aliphatic heterocycles. The summed E-state index contributed by atoms with van der Waals surface area (Å²) in [6, 6.07) is 19.9. The second-order valence-electron chi connectivity index (χ2n) is 11.7. The summed E-state index contributed by atoms with van der Waals surface area (Å²) in [6.07, 6.45) is 0.611. The van der Waals surface area contributed by atoms with E-state index in [4.69, 9.17) is 13.9 Å². The van der Waals surface area contributed by atoms with Crippen molar-refractivity contribution < 1.29 is 23.6 Å². The number of methoxy groups -OCH3 is 1. The van der Waals surface area contributed by atoms with E-state index >= 15 is 0 Å². The Balaban J connectivity index is 1.68. The number of hydrogen-bond acceptors (Lipinski definition) is 6. The van der Waals surface area contributed by atoms with Gasteiger partial charge in [0.25, 0.3) is 11.6 Å². The average Bonchev–Trinajstić information content (AvgIpc) is 2.93. The Bertz CT molecular complexity index is 1370.